The minimum absolute atomic E-state index is 0.107. The van der Waals surface area contributed by atoms with Crippen LogP contribution in [0.2, 0.25) is 0 Å². The summed E-state index contributed by atoms with van der Waals surface area (Å²) in [7, 11) is -3.59. The van der Waals surface area contributed by atoms with E-state index < -0.39 is 10.0 Å². The van der Waals surface area contributed by atoms with Crippen molar-refractivity contribution in [3.8, 4) is 0 Å². The van der Waals surface area contributed by atoms with Crippen LogP contribution in [0.5, 0.6) is 0 Å². The Morgan fingerprint density at radius 3 is 2.61 bits per heavy atom. The molecule has 0 aliphatic heterocycles. The van der Waals surface area contributed by atoms with Gasteiger partial charge in [-0.2, -0.15) is 0 Å². The number of aryl methyl sites for hydroxylation is 1. The van der Waals surface area contributed by atoms with Crippen molar-refractivity contribution in [2.45, 2.75) is 17.7 Å². The van der Waals surface area contributed by atoms with E-state index in [1.807, 2.05) is 24.3 Å². The number of hydrogen-bond acceptors (Lipinski definition) is 4. The van der Waals surface area contributed by atoms with Gasteiger partial charge in [-0.1, -0.05) is 18.2 Å². The predicted octanol–water partition coefficient (Wildman–Crippen LogP) is 2.39. The minimum Gasteiger partial charge on any atom is -0.352 e. The molecule has 3 aromatic rings. The Morgan fingerprint density at radius 2 is 1.89 bits per heavy atom. The molecule has 0 aliphatic rings. The number of carbonyl (C=O) groups is 1. The van der Waals surface area contributed by atoms with Gasteiger partial charge in [0.2, 0.25) is 10.0 Å². The second kappa shape index (κ2) is 8.81. The van der Waals surface area contributed by atoms with E-state index in [1.165, 1.54) is 30.3 Å². The molecule has 0 atom stereocenters. The Balaban J connectivity index is 1.50. The zero-order chi connectivity index (χ0) is 20.0. The van der Waals surface area contributed by atoms with E-state index in [-0.39, 0.29) is 17.3 Å². The normalized spacial score (nSPS) is 11.4. The second-order valence-corrected chi connectivity index (χ2v) is 7.99. The second-order valence-electron chi connectivity index (χ2n) is 6.23. The van der Waals surface area contributed by atoms with E-state index in [0.717, 1.165) is 29.7 Å². The quantitative estimate of drug-likeness (QED) is 0.380. The first-order valence-corrected chi connectivity index (χ1v) is 10.4. The molecule has 0 radical (unpaired) electrons. The number of amides is 1. The summed E-state index contributed by atoms with van der Waals surface area (Å²) in [4.78, 5) is 20.1. The molecule has 0 bridgehead atoms. The summed E-state index contributed by atoms with van der Waals surface area (Å²) in [5.41, 5.74) is 2.34. The first-order chi connectivity index (χ1) is 13.5. The van der Waals surface area contributed by atoms with Gasteiger partial charge in [-0.05, 0) is 42.8 Å². The highest BCUT2D eigenvalue weighted by Gasteiger charge is 2.13. The van der Waals surface area contributed by atoms with Gasteiger partial charge in [-0.15, -0.1) is 6.58 Å². The summed E-state index contributed by atoms with van der Waals surface area (Å²) in [6, 6.07) is 13.6. The van der Waals surface area contributed by atoms with Crippen molar-refractivity contribution in [3.05, 3.63) is 72.6 Å². The lowest BCUT2D eigenvalue weighted by Crippen LogP contribution is -2.25. The summed E-state index contributed by atoms with van der Waals surface area (Å²) in [6.07, 6.45) is 2.93. The number of nitrogens with one attached hydrogen (secondary N) is 3. The lowest BCUT2D eigenvalue weighted by Gasteiger charge is -2.07. The van der Waals surface area contributed by atoms with Crippen LogP contribution in [0.15, 0.2) is 66.1 Å². The topological polar surface area (TPSA) is 104 Å². The Labute approximate surface area is 163 Å². The summed E-state index contributed by atoms with van der Waals surface area (Å²) >= 11 is 0. The van der Waals surface area contributed by atoms with Gasteiger partial charge in [-0.3, -0.25) is 4.79 Å². The number of fused-ring (bicyclic) bond motifs is 1. The summed E-state index contributed by atoms with van der Waals surface area (Å²) in [5, 5.41) is 2.84. The third-order valence-electron chi connectivity index (χ3n) is 4.16. The van der Waals surface area contributed by atoms with E-state index in [2.05, 4.69) is 26.6 Å². The van der Waals surface area contributed by atoms with Crippen LogP contribution in [0.3, 0.4) is 0 Å². The van der Waals surface area contributed by atoms with Crippen molar-refractivity contribution in [2.75, 3.05) is 13.1 Å². The zero-order valence-corrected chi connectivity index (χ0v) is 16.1. The molecule has 2 aromatic carbocycles. The molecular weight excluding hydrogens is 376 g/mol. The third-order valence-corrected chi connectivity index (χ3v) is 5.60. The summed E-state index contributed by atoms with van der Waals surface area (Å²) < 4.78 is 26.4. The first kappa shape index (κ1) is 19.8. The first-order valence-electron chi connectivity index (χ1n) is 8.92. The lowest BCUT2D eigenvalue weighted by atomic mass is 10.2. The Hall–Kier alpha value is -2.97. The maximum absolute atomic E-state index is 12.2. The third kappa shape index (κ3) is 4.85. The highest BCUT2D eigenvalue weighted by Crippen LogP contribution is 2.12. The molecule has 0 fully saturated rings. The number of sulfonamides is 1. The standard InChI is InChI=1S/C20H22N4O3S/c1-2-13-22-28(26,27)16-11-9-15(10-12-16)20(25)21-14-5-8-19-23-17-6-3-4-7-18(17)24-19/h2-4,6-7,9-12,22H,1,5,8,13-14H2,(H,21,25)(H,23,24). The molecule has 1 amide bonds. The molecule has 3 rings (SSSR count). The van der Waals surface area contributed by atoms with Crippen molar-refractivity contribution >= 4 is 27.0 Å². The number of rotatable bonds is 9. The number of imidazole rings is 1. The van der Waals surface area contributed by atoms with Gasteiger partial charge in [-0.25, -0.2) is 18.1 Å². The number of benzene rings is 2. The zero-order valence-electron chi connectivity index (χ0n) is 15.3. The largest absolute Gasteiger partial charge is 0.352 e. The Kier molecular flexibility index (Phi) is 6.23. The molecule has 28 heavy (non-hydrogen) atoms. The number of nitrogens with zero attached hydrogens (tertiary/aromatic N) is 1. The molecule has 146 valence electrons. The average molecular weight is 398 g/mol. The molecule has 0 saturated heterocycles. The number of carbonyl (C=O) groups excluding carboxylic acids is 1. The minimum atomic E-state index is -3.59. The van der Waals surface area contributed by atoms with E-state index >= 15 is 0 Å². The molecule has 7 nitrogen and oxygen atoms in total. The van der Waals surface area contributed by atoms with Crippen LogP contribution in [0, 0.1) is 0 Å². The number of para-hydroxylation sites is 2. The number of aromatic amines is 1. The van der Waals surface area contributed by atoms with Crippen LogP contribution in [0.25, 0.3) is 11.0 Å². The maximum Gasteiger partial charge on any atom is 0.251 e. The van der Waals surface area contributed by atoms with Crippen molar-refractivity contribution in [3.63, 3.8) is 0 Å². The van der Waals surface area contributed by atoms with E-state index in [9.17, 15) is 13.2 Å². The number of hydrogen-bond donors (Lipinski definition) is 3. The van der Waals surface area contributed by atoms with Crippen molar-refractivity contribution in [1.82, 2.24) is 20.0 Å². The van der Waals surface area contributed by atoms with Gasteiger partial charge in [0, 0.05) is 25.1 Å². The fourth-order valence-corrected chi connectivity index (χ4v) is 3.72. The SMILES string of the molecule is C=CCNS(=O)(=O)c1ccc(C(=O)NCCCc2nc3ccccc3[nH]2)cc1. The van der Waals surface area contributed by atoms with Gasteiger partial charge < -0.3 is 10.3 Å². The molecule has 0 unspecified atom stereocenters. The van der Waals surface area contributed by atoms with E-state index in [0.29, 0.717) is 12.1 Å². The smallest absolute Gasteiger partial charge is 0.251 e. The van der Waals surface area contributed by atoms with Gasteiger partial charge in [0.15, 0.2) is 0 Å². The van der Waals surface area contributed by atoms with E-state index in [1.54, 1.807) is 0 Å². The summed E-state index contributed by atoms with van der Waals surface area (Å²) in [6.45, 7) is 4.12. The van der Waals surface area contributed by atoms with Crippen molar-refractivity contribution < 1.29 is 13.2 Å². The van der Waals surface area contributed by atoms with Crippen LogP contribution in [-0.4, -0.2) is 37.4 Å². The molecule has 3 N–H and O–H groups in total. The van der Waals surface area contributed by atoms with Gasteiger partial charge >= 0.3 is 0 Å². The lowest BCUT2D eigenvalue weighted by molar-refractivity contribution is 0.0953. The van der Waals surface area contributed by atoms with Gasteiger partial charge in [0.05, 0.1) is 15.9 Å². The Bertz CT molecular complexity index is 1040. The van der Waals surface area contributed by atoms with Crippen LogP contribution < -0.4 is 10.0 Å². The molecule has 8 heteroatoms. The molecule has 0 spiro atoms. The van der Waals surface area contributed by atoms with Crippen LogP contribution in [0.4, 0.5) is 0 Å². The van der Waals surface area contributed by atoms with E-state index in [4.69, 9.17) is 0 Å². The van der Waals surface area contributed by atoms with Gasteiger partial charge in [0.25, 0.3) is 5.91 Å². The fraction of sp³-hybridized carbons (Fsp3) is 0.200. The molecule has 0 aliphatic carbocycles. The molecule has 1 aromatic heterocycles. The van der Waals surface area contributed by atoms with Crippen LogP contribution in [-0.2, 0) is 16.4 Å². The number of aromatic nitrogens is 2. The fourth-order valence-electron chi connectivity index (χ4n) is 2.72. The number of H-pyrrole nitrogens is 1. The van der Waals surface area contributed by atoms with Gasteiger partial charge in [0.1, 0.15) is 5.82 Å². The van der Waals surface area contributed by atoms with Crippen LogP contribution in [0.1, 0.15) is 22.6 Å². The molecule has 1 heterocycles. The molecule has 0 saturated carbocycles. The predicted molar refractivity (Wildman–Crippen MR) is 109 cm³/mol. The maximum atomic E-state index is 12.2. The van der Waals surface area contributed by atoms with Crippen molar-refractivity contribution in [2.24, 2.45) is 0 Å². The van der Waals surface area contributed by atoms with Crippen LogP contribution >= 0.6 is 0 Å². The Morgan fingerprint density at radius 1 is 1.14 bits per heavy atom. The van der Waals surface area contributed by atoms with Crippen molar-refractivity contribution in [1.29, 1.82) is 0 Å². The highest BCUT2D eigenvalue weighted by molar-refractivity contribution is 7.89. The molecular formula is C20H22N4O3S. The average Bonchev–Trinajstić information content (AvgIpc) is 3.12. The highest BCUT2D eigenvalue weighted by atomic mass is 32.2. The summed E-state index contributed by atoms with van der Waals surface area (Å²) in [5.74, 6) is 0.643. The monoisotopic (exact) mass is 398 g/mol.